The van der Waals surface area contributed by atoms with Crippen LogP contribution in [-0.2, 0) is 6.42 Å². The fourth-order valence-corrected chi connectivity index (χ4v) is 2.05. The van der Waals surface area contributed by atoms with Crippen LogP contribution in [-0.4, -0.2) is 24.7 Å². The molecule has 1 amide bonds. The average Bonchev–Trinajstić information content (AvgIpc) is 2.49. The molecule has 0 aromatic heterocycles. The van der Waals surface area contributed by atoms with E-state index >= 15 is 0 Å². The van der Waals surface area contributed by atoms with E-state index in [1.807, 2.05) is 12.1 Å². The molecular weight excluding hydrogens is 271 g/mol. The number of aliphatic hydroxyl groups is 1. The SMILES string of the molecule is CNc1c(F)cccc1C(=O)Nc1ccc(CCO)cc1. The fraction of sp³-hybridized carbons (Fsp3) is 0.188. The predicted molar refractivity (Wildman–Crippen MR) is 81.1 cm³/mol. The van der Waals surface area contributed by atoms with E-state index in [0.717, 1.165) is 5.56 Å². The molecule has 4 nitrogen and oxygen atoms in total. The smallest absolute Gasteiger partial charge is 0.257 e. The number of aliphatic hydroxyl groups excluding tert-OH is 1. The summed E-state index contributed by atoms with van der Waals surface area (Å²) >= 11 is 0. The molecule has 0 fully saturated rings. The van der Waals surface area contributed by atoms with Crippen molar-refractivity contribution >= 4 is 17.3 Å². The molecule has 21 heavy (non-hydrogen) atoms. The first-order valence-electron chi connectivity index (χ1n) is 6.63. The Hall–Kier alpha value is -2.40. The molecule has 2 rings (SSSR count). The highest BCUT2D eigenvalue weighted by molar-refractivity contribution is 6.08. The van der Waals surface area contributed by atoms with Gasteiger partial charge in [0.05, 0.1) is 11.3 Å². The van der Waals surface area contributed by atoms with Gasteiger partial charge in [-0.1, -0.05) is 18.2 Å². The number of benzene rings is 2. The number of amides is 1. The van der Waals surface area contributed by atoms with Crippen LogP contribution in [0.5, 0.6) is 0 Å². The van der Waals surface area contributed by atoms with Crippen LogP contribution >= 0.6 is 0 Å². The summed E-state index contributed by atoms with van der Waals surface area (Å²) in [6.07, 6.45) is 0.571. The Labute approximate surface area is 122 Å². The predicted octanol–water partition coefficient (Wildman–Crippen LogP) is 2.65. The van der Waals surface area contributed by atoms with Gasteiger partial charge in [-0.2, -0.15) is 0 Å². The lowest BCUT2D eigenvalue weighted by Gasteiger charge is -2.11. The van der Waals surface area contributed by atoms with Gasteiger partial charge in [0.2, 0.25) is 0 Å². The second-order valence-electron chi connectivity index (χ2n) is 4.54. The molecule has 0 unspecified atom stereocenters. The first-order valence-corrected chi connectivity index (χ1v) is 6.63. The zero-order valence-corrected chi connectivity index (χ0v) is 11.7. The first kappa shape index (κ1) is 15.0. The largest absolute Gasteiger partial charge is 0.396 e. The molecule has 0 radical (unpaired) electrons. The van der Waals surface area contributed by atoms with Crippen LogP contribution in [0.2, 0.25) is 0 Å². The summed E-state index contributed by atoms with van der Waals surface area (Å²) < 4.78 is 13.6. The van der Waals surface area contributed by atoms with E-state index in [1.54, 1.807) is 25.2 Å². The van der Waals surface area contributed by atoms with Gasteiger partial charge in [-0.15, -0.1) is 0 Å². The summed E-state index contributed by atoms with van der Waals surface area (Å²) in [5.74, 6) is -0.850. The topological polar surface area (TPSA) is 61.4 Å². The Morgan fingerprint density at radius 2 is 1.90 bits per heavy atom. The molecule has 3 N–H and O–H groups in total. The van der Waals surface area contributed by atoms with Crippen LogP contribution in [0.3, 0.4) is 0 Å². The molecule has 0 aliphatic heterocycles. The molecule has 0 heterocycles. The van der Waals surface area contributed by atoms with Gasteiger partial charge in [0.1, 0.15) is 5.82 Å². The minimum Gasteiger partial charge on any atom is -0.396 e. The molecule has 0 saturated carbocycles. The summed E-state index contributed by atoms with van der Waals surface area (Å²) in [6, 6.07) is 11.5. The highest BCUT2D eigenvalue weighted by Crippen LogP contribution is 2.20. The zero-order valence-electron chi connectivity index (χ0n) is 11.7. The first-order chi connectivity index (χ1) is 10.2. The van der Waals surface area contributed by atoms with E-state index in [2.05, 4.69) is 10.6 Å². The van der Waals surface area contributed by atoms with Crippen LogP contribution < -0.4 is 10.6 Å². The van der Waals surface area contributed by atoms with Gasteiger partial charge in [0.25, 0.3) is 5.91 Å². The summed E-state index contributed by atoms with van der Waals surface area (Å²) in [5.41, 5.74) is 2.02. The lowest BCUT2D eigenvalue weighted by Crippen LogP contribution is -2.14. The molecule has 2 aromatic carbocycles. The number of carbonyl (C=O) groups excluding carboxylic acids is 1. The summed E-state index contributed by atoms with van der Waals surface area (Å²) in [7, 11) is 1.57. The van der Waals surface area contributed by atoms with Crippen molar-refractivity contribution < 1.29 is 14.3 Å². The lowest BCUT2D eigenvalue weighted by atomic mass is 10.1. The van der Waals surface area contributed by atoms with Crippen LogP contribution in [0.1, 0.15) is 15.9 Å². The van der Waals surface area contributed by atoms with Gasteiger partial charge < -0.3 is 15.7 Å². The van der Waals surface area contributed by atoms with Crippen molar-refractivity contribution in [3.63, 3.8) is 0 Å². The normalized spacial score (nSPS) is 10.2. The van der Waals surface area contributed by atoms with E-state index in [4.69, 9.17) is 5.11 Å². The highest BCUT2D eigenvalue weighted by atomic mass is 19.1. The van der Waals surface area contributed by atoms with Gasteiger partial charge in [-0.25, -0.2) is 4.39 Å². The zero-order chi connectivity index (χ0) is 15.2. The van der Waals surface area contributed by atoms with E-state index < -0.39 is 5.82 Å². The van der Waals surface area contributed by atoms with Crippen molar-refractivity contribution in [1.29, 1.82) is 0 Å². The molecule has 0 aliphatic carbocycles. The van der Waals surface area contributed by atoms with Crippen LogP contribution in [0.4, 0.5) is 15.8 Å². The number of hydrogen-bond acceptors (Lipinski definition) is 3. The Morgan fingerprint density at radius 1 is 1.19 bits per heavy atom. The number of para-hydroxylation sites is 1. The molecule has 2 aromatic rings. The number of anilines is 2. The Balaban J connectivity index is 2.16. The van der Waals surface area contributed by atoms with Crippen molar-refractivity contribution in [2.75, 3.05) is 24.3 Å². The number of carbonyl (C=O) groups is 1. The van der Waals surface area contributed by atoms with Crippen molar-refractivity contribution in [2.45, 2.75) is 6.42 Å². The molecule has 0 spiro atoms. The molecule has 5 heteroatoms. The molecule has 0 atom stereocenters. The van der Waals surface area contributed by atoms with Gasteiger partial charge in [0.15, 0.2) is 0 Å². The van der Waals surface area contributed by atoms with Crippen molar-refractivity contribution in [3.05, 3.63) is 59.4 Å². The molecule has 0 saturated heterocycles. The monoisotopic (exact) mass is 288 g/mol. The number of rotatable bonds is 5. The van der Waals surface area contributed by atoms with Crippen molar-refractivity contribution in [3.8, 4) is 0 Å². The molecule has 110 valence electrons. The Kier molecular flexibility index (Phi) is 4.90. The summed E-state index contributed by atoms with van der Waals surface area (Å²) in [6.45, 7) is 0.0839. The van der Waals surface area contributed by atoms with Crippen molar-refractivity contribution in [2.24, 2.45) is 0 Å². The summed E-state index contributed by atoms with van der Waals surface area (Å²) in [4.78, 5) is 12.2. The van der Waals surface area contributed by atoms with Gasteiger partial charge in [-0.3, -0.25) is 4.79 Å². The van der Waals surface area contributed by atoms with E-state index in [0.29, 0.717) is 12.1 Å². The molecular formula is C16H17FN2O2. The van der Waals surface area contributed by atoms with E-state index in [1.165, 1.54) is 12.1 Å². The lowest BCUT2D eigenvalue weighted by molar-refractivity contribution is 0.102. The van der Waals surface area contributed by atoms with Gasteiger partial charge in [0, 0.05) is 19.3 Å². The molecule has 0 bridgehead atoms. The third-order valence-electron chi connectivity index (χ3n) is 3.12. The maximum Gasteiger partial charge on any atom is 0.257 e. The van der Waals surface area contributed by atoms with Crippen molar-refractivity contribution in [1.82, 2.24) is 0 Å². The van der Waals surface area contributed by atoms with Gasteiger partial charge in [-0.05, 0) is 36.2 Å². The van der Waals surface area contributed by atoms with E-state index in [9.17, 15) is 9.18 Å². The third-order valence-corrected chi connectivity index (χ3v) is 3.12. The van der Waals surface area contributed by atoms with E-state index in [-0.39, 0.29) is 23.8 Å². The number of nitrogens with one attached hydrogen (secondary N) is 2. The second kappa shape index (κ2) is 6.85. The van der Waals surface area contributed by atoms with Crippen LogP contribution in [0.15, 0.2) is 42.5 Å². The Bertz CT molecular complexity index is 627. The number of hydrogen-bond donors (Lipinski definition) is 3. The minimum atomic E-state index is -0.469. The third kappa shape index (κ3) is 3.58. The second-order valence-corrected chi connectivity index (χ2v) is 4.54. The molecule has 0 aliphatic rings. The fourth-order valence-electron chi connectivity index (χ4n) is 2.05. The number of halogens is 1. The van der Waals surface area contributed by atoms with Crippen LogP contribution in [0, 0.1) is 5.82 Å². The Morgan fingerprint density at radius 3 is 2.52 bits per heavy atom. The van der Waals surface area contributed by atoms with Gasteiger partial charge >= 0.3 is 0 Å². The maximum absolute atomic E-state index is 13.6. The standard InChI is InChI=1S/C16H17FN2O2/c1-18-15-13(3-2-4-14(15)17)16(21)19-12-7-5-11(6-8-12)9-10-20/h2-8,18,20H,9-10H2,1H3,(H,19,21). The van der Waals surface area contributed by atoms with Crippen LogP contribution in [0.25, 0.3) is 0 Å². The quantitative estimate of drug-likeness (QED) is 0.792. The summed E-state index contributed by atoms with van der Waals surface area (Å²) in [5, 5.41) is 14.3. The minimum absolute atomic E-state index is 0.0839. The highest BCUT2D eigenvalue weighted by Gasteiger charge is 2.14. The maximum atomic E-state index is 13.6. The average molecular weight is 288 g/mol.